The largest absolute Gasteiger partial charge is 0.396 e. The summed E-state index contributed by atoms with van der Waals surface area (Å²) in [5.41, 5.74) is 2.44. The molecule has 2 aliphatic heterocycles. The lowest BCUT2D eigenvalue weighted by atomic mass is 9.98. The van der Waals surface area contributed by atoms with Crippen LogP contribution < -0.4 is 0 Å². The average Bonchev–Trinajstić information content (AvgIpc) is 2.91. The zero-order valence-corrected chi connectivity index (χ0v) is 11.6. The minimum Gasteiger partial charge on any atom is -0.396 e. The number of ether oxygens (including phenoxy) is 1. The summed E-state index contributed by atoms with van der Waals surface area (Å²) in [6.45, 7) is 2.02. The monoisotopic (exact) mass is 279 g/mol. The molecule has 0 spiro atoms. The predicted molar refractivity (Wildman–Crippen MR) is 72.3 cm³/mol. The van der Waals surface area contributed by atoms with Gasteiger partial charge in [-0.15, -0.1) is 0 Å². The Morgan fingerprint density at radius 1 is 1.50 bits per heavy atom. The van der Waals surface area contributed by atoms with Crippen molar-refractivity contribution < 1.29 is 14.6 Å². The van der Waals surface area contributed by atoms with Crippen molar-refractivity contribution in [2.45, 2.75) is 44.8 Å². The van der Waals surface area contributed by atoms with E-state index in [1.807, 2.05) is 4.90 Å². The number of amides is 1. The molecule has 6 heteroatoms. The van der Waals surface area contributed by atoms with E-state index in [9.17, 15) is 4.79 Å². The molecule has 0 saturated carbocycles. The van der Waals surface area contributed by atoms with Gasteiger partial charge in [-0.1, -0.05) is 0 Å². The first-order valence-corrected chi connectivity index (χ1v) is 7.37. The number of carbonyl (C=O) groups is 1. The van der Waals surface area contributed by atoms with Crippen LogP contribution in [0, 0.1) is 0 Å². The van der Waals surface area contributed by atoms with Crippen molar-refractivity contribution >= 4 is 5.91 Å². The van der Waals surface area contributed by atoms with E-state index in [0.29, 0.717) is 25.3 Å². The van der Waals surface area contributed by atoms with Gasteiger partial charge >= 0.3 is 0 Å². The van der Waals surface area contributed by atoms with Crippen molar-refractivity contribution in [2.24, 2.45) is 0 Å². The predicted octanol–water partition coefficient (Wildman–Crippen LogP) is 0.859. The van der Waals surface area contributed by atoms with Crippen LogP contribution in [0.5, 0.6) is 0 Å². The van der Waals surface area contributed by atoms with Gasteiger partial charge in [-0.2, -0.15) is 5.10 Å². The van der Waals surface area contributed by atoms with Gasteiger partial charge < -0.3 is 14.7 Å². The van der Waals surface area contributed by atoms with E-state index in [1.54, 1.807) is 0 Å². The molecule has 0 radical (unpaired) electrons. The Hall–Kier alpha value is -1.40. The molecule has 6 nitrogen and oxygen atoms in total. The number of aromatic nitrogens is 2. The molecule has 2 N–H and O–H groups in total. The first-order chi connectivity index (χ1) is 9.81. The Kier molecular flexibility index (Phi) is 4.03. The highest BCUT2D eigenvalue weighted by Gasteiger charge is 2.31. The fraction of sp³-hybridized carbons (Fsp3) is 0.714. The molecule has 110 valence electrons. The average molecular weight is 279 g/mol. The molecule has 1 saturated heterocycles. The normalized spacial score (nSPS) is 22.6. The van der Waals surface area contributed by atoms with Crippen molar-refractivity contribution in [3.05, 3.63) is 17.0 Å². The van der Waals surface area contributed by atoms with Gasteiger partial charge in [0.1, 0.15) is 0 Å². The highest BCUT2D eigenvalue weighted by molar-refractivity contribution is 5.94. The number of hydrogen-bond donors (Lipinski definition) is 2. The summed E-state index contributed by atoms with van der Waals surface area (Å²) in [6.07, 6.45) is 4.55. The summed E-state index contributed by atoms with van der Waals surface area (Å²) in [6, 6.07) is 0.137. The standard InChI is InChI=1S/C14H21N3O3/c18-7-4-10-3-1-2-6-17(10)14(19)13-11-9-20-8-5-12(11)15-16-13/h10,18H,1-9H2,(H,15,16). The third-order valence-electron chi connectivity index (χ3n) is 4.25. The topological polar surface area (TPSA) is 78.5 Å². The zero-order valence-electron chi connectivity index (χ0n) is 11.6. The number of H-pyrrole nitrogens is 1. The first-order valence-electron chi connectivity index (χ1n) is 7.37. The van der Waals surface area contributed by atoms with E-state index in [2.05, 4.69) is 10.2 Å². The summed E-state index contributed by atoms with van der Waals surface area (Å²) < 4.78 is 5.44. The number of rotatable bonds is 3. The lowest BCUT2D eigenvalue weighted by molar-refractivity contribution is 0.0559. The number of aliphatic hydroxyl groups is 1. The van der Waals surface area contributed by atoms with Gasteiger partial charge in [0.25, 0.3) is 5.91 Å². The number of carbonyl (C=O) groups excluding carboxylic acids is 1. The minimum absolute atomic E-state index is 0.0221. The molecular weight excluding hydrogens is 258 g/mol. The van der Waals surface area contributed by atoms with Crippen LogP contribution >= 0.6 is 0 Å². The Morgan fingerprint density at radius 3 is 3.25 bits per heavy atom. The summed E-state index contributed by atoms with van der Waals surface area (Å²) in [7, 11) is 0. The van der Waals surface area contributed by atoms with Crippen LogP contribution in [-0.4, -0.2) is 51.9 Å². The Labute approximate surface area is 118 Å². The maximum atomic E-state index is 12.7. The van der Waals surface area contributed by atoms with Crippen LogP contribution in [0.1, 0.15) is 47.4 Å². The molecule has 3 rings (SSSR count). The van der Waals surface area contributed by atoms with Crippen LogP contribution in [-0.2, 0) is 17.8 Å². The van der Waals surface area contributed by atoms with Crippen LogP contribution in [0.3, 0.4) is 0 Å². The molecule has 0 aliphatic carbocycles. The van der Waals surface area contributed by atoms with Gasteiger partial charge in [0, 0.05) is 36.9 Å². The second-order valence-corrected chi connectivity index (χ2v) is 5.49. The number of fused-ring (bicyclic) bond motifs is 1. The second kappa shape index (κ2) is 5.93. The first kappa shape index (κ1) is 13.6. The molecule has 20 heavy (non-hydrogen) atoms. The molecule has 1 unspecified atom stereocenters. The van der Waals surface area contributed by atoms with Crippen molar-refractivity contribution in [1.29, 1.82) is 0 Å². The molecule has 1 aromatic heterocycles. The minimum atomic E-state index is -0.0221. The van der Waals surface area contributed by atoms with Crippen LogP contribution in [0.25, 0.3) is 0 Å². The zero-order chi connectivity index (χ0) is 13.9. The van der Waals surface area contributed by atoms with E-state index < -0.39 is 0 Å². The van der Waals surface area contributed by atoms with E-state index >= 15 is 0 Å². The molecule has 1 fully saturated rings. The maximum Gasteiger partial charge on any atom is 0.274 e. The third-order valence-corrected chi connectivity index (χ3v) is 4.25. The smallest absolute Gasteiger partial charge is 0.274 e. The number of aliphatic hydroxyl groups excluding tert-OH is 1. The SMILES string of the molecule is O=C(c1n[nH]c2c1COCC2)N1CCCCC1CCO. The molecule has 3 heterocycles. The summed E-state index contributed by atoms with van der Waals surface area (Å²) in [4.78, 5) is 14.6. The van der Waals surface area contributed by atoms with Crippen molar-refractivity contribution in [2.75, 3.05) is 19.8 Å². The highest BCUT2D eigenvalue weighted by atomic mass is 16.5. The number of hydrogen-bond acceptors (Lipinski definition) is 4. The van der Waals surface area contributed by atoms with E-state index in [1.165, 1.54) is 0 Å². The maximum absolute atomic E-state index is 12.7. The van der Waals surface area contributed by atoms with Crippen LogP contribution in [0.2, 0.25) is 0 Å². The van der Waals surface area contributed by atoms with Gasteiger partial charge in [0.05, 0.1) is 13.2 Å². The molecule has 1 amide bonds. The van der Waals surface area contributed by atoms with Crippen LogP contribution in [0.15, 0.2) is 0 Å². The molecule has 1 aromatic rings. The van der Waals surface area contributed by atoms with E-state index in [4.69, 9.17) is 9.84 Å². The number of nitrogens with one attached hydrogen (secondary N) is 1. The molecule has 2 aliphatic rings. The summed E-state index contributed by atoms with van der Waals surface area (Å²) in [5.74, 6) is -0.0221. The molecule has 0 bridgehead atoms. The van der Waals surface area contributed by atoms with Crippen molar-refractivity contribution in [1.82, 2.24) is 15.1 Å². The summed E-state index contributed by atoms with van der Waals surface area (Å²) in [5, 5.41) is 16.3. The Morgan fingerprint density at radius 2 is 2.40 bits per heavy atom. The fourth-order valence-corrected chi connectivity index (χ4v) is 3.14. The fourth-order valence-electron chi connectivity index (χ4n) is 3.14. The Balaban J connectivity index is 1.82. The molecule has 0 aromatic carbocycles. The quantitative estimate of drug-likeness (QED) is 0.860. The van der Waals surface area contributed by atoms with Crippen molar-refractivity contribution in [3.8, 4) is 0 Å². The highest BCUT2D eigenvalue weighted by Crippen LogP contribution is 2.25. The number of nitrogens with zero attached hydrogens (tertiary/aromatic N) is 2. The number of likely N-dealkylation sites (tertiary alicyclic amines) is 1. The van der Waals surface area contributed by atoms with E-state index in [-0.39, 0.29) is 18.6 Å². The number of piperidine rings is 1. The van der Waals surface area contributed by atoms with E-state index in [0.717, 1.165) is 43.5 Å². The number of aromatic amines is 1. The van der Waals surface area contributed by atoms with Gasteiger partial charge in [-0.3, -0.25) is 9.89 Å². The molecular formula is C14H21N3O3. The Bertz CT molecular complexity index is 484. The third kappa shape index (κ3) is 2.45. The lowest BCUT2D eigenvalue weighted by Gasteiger charge is -2.35. The van der Waals surface area contributed by atoms with Gasteiger partial charge in [0.2, 0.25) is 0 Å². The van der Waals surface area contributed by atoms with Crippen molar-refractivity contribution in [3.63, 3.8) is 0 Å². The lowest BCUT2D eigenvalue weighted by Crippen LogP contribution is -2.44. The van der Waals surface area contributed by atoms with Gasteiger partial charge in [0.15, 0.2) is 5.69 Å². The second-order valence-electron chi connectivity index (χ2n) is 5.49. The molecule has 1 atom stereocenters. The van der Waals surface area contributed by atoms with Gasteiger partial charge in [-0.05, 0) is 25.7 Å². The van der Waals surface area contributed by atoms with Gasteiger partial charge in [-0.25, -0.2) is 0 Å². The van der Waals surface area contributed by atoms with Crippen LogP contribution in [0.4, 0.5) is 0 Å². The summed E-state index contributed by atoms with van der Waals surface area (Å²) >= 11 is 0.